The van der Waals surface area contributed by atoms with E-state index in [4.69, 9.17) is 14.2 Å². The average molecular weight is 336 g/mol. The molecule has 1 aromatic carbocycles. The third kappa shape index (κ3) is 5.13. The van der Waals surface area contributed by atoms with Crippen molar-refractivity contribution in [3.05, 3.63) is 23.8 Å². The molecule has 1 fully saturated rings. The summed E-state index contributed by atoms with van der Waals surface area (Å²) in [5.41, 5.74) is 0.979. The quantitative estimate of drug-likeness (QED) is 0.715. The van der Waals surface area contributed by atoms with E-state index in [2.05, 4.69) is 10.6 Å². The lowest BCUT2D eigenvalue weighted by atomic mass is 10.1. The highest BCUT2D eigenvalue weighted by Crippen LogP contribution is 2.27. The van der Waals surface area contributed by atoms with Crippen LogP contribution in [-0.2, 0) is 20.7 Å². The highest BCUT2D eigenvalue weighted by atomic mass is 16.5. The van der Waals surface area contributed by atoms with Crippen molar-refractivity contribution >= 4 is 11.8 Å². The molecule has 0 saturated carbocycles. The number of ether oxygens (including phenoxy) is 3. The minimum atomic E-state index is -0.631. The number of nitrogens with one attached hydrogen (secondary N) is 2. The van der Waals surface area contributed by atoms with Crippen LogP contribution in [0.25, 0.3) is 0 Å². The predicted molar refractivity (Wildman–Crippen MR) is 88.2 cm³/mol. The van der Waals surface area contributed by atoms with Gasteiger partial charge in [0.2, 0.25) is 0 Å². The highest BCUT2D eigenvalue weighted by Gasteiger charge is 2.19. The summed E-state index contributed by atoms with van der Waals surface area (Å²) < 4.78 is 15.8. The Morgan fingerprint density at radius 2 is 1.92 bits per heavy atom. The molecule has 1 aromatic rings. The first-order valence-electron chi connectivity index (χ1n) is 8.02. The minimum absolute atomic E-state index is 0.0218. The molecule has 7 heteroatoms. The van der Waals surface area contributed by atoms with E-state index in [1.807, 2.05) is 18.2 Å². The monoisotopic (exact) mass is 336 g/mol. The molecule has 0 radical (unpaired) electrons. The van der Waals surface area contributed by atoms with Crippen molar-refractivity contribution < 1.29 is 23.8 Å². The third-order valence-electron chi connectivity index (χ3n) is 3.87. The predicted octanol–water partition coefficient (Wildman–Crippen LogP) is 0.658. The number of carbonyl (C=O) groups is 2. The minimum Gasteiger partial charge on any atom is -0.493 e. The number of rotatable bonds is 7. The Hall–Kier alpha value is -2.28. The number of amides is 2. The van der Waals surface area contributed by atoms with E-state index in [1.165, 1.54) is 0 Å². The molecular weight excluding hydrogens is 312 g/mol. The lowest BCUT2D eigenvalue weighted by Crippen LogP contribution is -2.43. The average Bonchev–Trinajstić information content (AvgIpc) is 3.12. The largest absolute Gasteiger partial charge is 0.493 e. The van der Waals surface area contributed by atoms with Crippen LogP contribution in [0.5, 0.6) is 11.5 Å². The van der Waals surface area contributed by atoms with Crippen molar-refractivity contribution in [2.24, 2.45) is 0 Å². The maximum Gasteiger partial charge on any atom is 0.309 e. The normalized spacial score (nSPS) is 16.5. The second-order valence-electron chi connectivity index (χ2n) is 5.54. The van der Waals surface area contributed by atoms with E-state index < -0.39 is 11.8 Å². The Morgan fingerprint density at radius 3 is 2.58 bits per heavy atom. The lowest BCUT2D eigenvalue weighted by Gasteiger charge is -2.11. The van der Waals surface area contributed by atoms with Gasteiger partial charge in [-0.2, -0.15) is 0 Å². The Morgan fingerprint density at radius 1 is 1.17 bits per heavy atom. The van der Waals surface area contributed by atoms with E-state index in [0.717, 1.165) is 25.0 Å². The van der Waals surface area contributed by atoms with Gasteiger partial charge in [0.25, 0.3) is 0 Å². The molecule has 2 amide bonds. The molecule has 2 N–H and O–H groups in total. The molecule has 1 atom stereocenters. The molecular formula is C17H24N2O5. The topological polar surface area (TPSA) is 85.9 Å². The summed E-state index contributed by atoms with van der Waals surface area (Å²) in [5, 5.41) is 5.20. The molecule has 0 aliphatic carbocycles. The van der Waals surface area contributed by atoms with Gasteiger partial charge in [-0.05, 0) is 37.0 Å². The van der Waals surface area contributed by atoms with Crippen molar-refractivity contribution in [3.8, 4) is 11.5 Å². The van der Waals surface area contributed by atoms with E-state index >= 15 is 0 Å². The number of hydrogen-bond acceptors (Lipinski definition) is 5. The maximum absolute atomic E-state index is 11.8. The van der Waals surface area contributed by atoms with E-state index in [9.17, 15) is 9.59 Å². The fraction of sp³-hybridized carbons (Fsp3) is 0.529. The summed E-state index contributed by atoms with van der Waals surface area (Å²) in [6, 6.07) is 5.55. The SMILES string of the molecule is COc1ccc(CCNC(=O)C(=O)NC[C@H]2CCCO2)cc1OC. The molecule has 0 bridgehead atoms. The van der Waals surface area contributed by atoms with Gasteiger partial charge in [-0.1, -0.05) is 6.07 Å². The first-order chi connectivity index (χ1) is 11.6. The zero-order valence-corrected chi connectivity index (χ0v) is 14.1. The van der Waals surface area contributed by atoms with Gasteiger partial charge >= 0.3 is 11.8 Å². The molecule has 132 valence electrons. The molecule has 1 aliphatic heterocycles. The Labute approximate surface area is 141 Å². The third-order valence-corrected chi connectivity index (χ3v) is 3.87. The number of carbonyl (C=O) groups excluding carboxylic acids is 2. The maximum atomic E-state index is 11.8. The van der Waals surface area contributed by atoms with Gasteiger partial charge in [0.15, 0.2) is 11.5 Å². The second-order valence-corrected chi connectivity index (χ2v) is 5.54. The smallest absolute Gasteiger partial charge is 0.309 e. The van der Waals surface area contributed by atoms with Crippen LogP contribution in [0.2, 0.25) is 0 Å². The molecule has 7 nitrogen and oxygen atoms in total. The lowest BCUT2D eigenvalue weighted by molar-refractivity contribution is -0.139. The molecule has 1 saturated heterocycles. The molecule has 0 unspecified atom stereocenters. The molecule has 1 heterocycles. The zero-order chi connectivity index (χ0) is 17.4. The van der Waals surface area contributed by atoms with Crippen molar-refractivity contribution in [2.45, 2.75) is 25.4 Å². The zero-order valence-electron chi connectivity index (χ0n) is 14.1. The summed E-state index contributed by atoms with van der Waals surface area (Å²) in [6.07, 6.45) is 2.53. The van der Waals surface area contributed by atoms with Crippen molar-refractivity contribution in [1.29, 1.82) is 0 Å². The van der Waals surface area contributed by atoms with Crippen LogP contribution < -0.4 is 20.1 Å². The summed E-state index contributed by atoms with van der Waals surface area (Å²) >= 11 is 0. The van der Waals surface area contributed by atoms with Gasteiger partial charge < -0.3 is 24.8 Å². The van der Waals surface area contributed by atoms with Gasteiger partial charge in [-0.3, -0.25) is 9.59 Å². The van der Waals surface area contributed by atoms with Gasteiger partial charge in [0, 0.05) is 19.7 Å². The van der Waals surface area contributed by atoms with Gasteiger partial charge in [0.05, 0.1) is 20.3 Å². The fourth-order valence-electron chi connectivity index (χ4n) is 2.53. The van der Waals surface area contributed by atoms with Crippen LogP contribution >= 0.6 is 0 Å². The number of methoxy groups -OCH3 is 2. The van der Waals surface area contributed by atoms with Crippen molar-refractivity contribution in [3.63, 3.8) is 0 Å². The van der Waals surface area contributed by atoms with Crippen LogP contribution in [0.15, 0.2) is 18.2 Å². The first kappa shape index (κ1) is 18.1. The molecule has 2 rings (SSSR count). The summed E-state index contributed by atoms with van der Waals surface area (Å²) in [6.45, 7) is 1.46. The number of hydrogen-bond donors (Lipinski definition) is 2. The summed E-state index contributed by atoms with van der Waals surface area (Å²) in [5.74, 6) is 0.0284. The van der Waals surface area contributed by atoms with Crippen molar-refractivity contribution in [2.75, 3.05) is 33.9 Å². The van der Waals surface area contributed by atoms with E-state index in [1.54, 1.807) is 14.2 Å². The van der Waals surface area contributed by atoms with Crippen LogP contribution in [0.1, 0.15) is 18.4 Å². The highest BCUT2D eigenvalue weighted by molar-refractivity contribution is 6.35. The molecule has 0 spiro atoms. The van der Waals surface area contributed by atoms with Gasteiger partial charge in [-0.25, -0.2) is 0 Å². The first-order valence-corrected chi connectivity index (χ1v) is 8.02. The van der Waals surface area contributed by atoms with E-state index in [0.29, 0.717) is 31.0 Å². The summed E-state index contributed by atoms with van der Waals surface area (Å²) in [7, 11) is 3.15. The van der Waals surface area contributed by atoms with Gasteiger partial charge in [0.1, 0.15) is 0 Å². The summed E-state index contributed by atoms with van der Waals surface area (Å²) in [4.78, 5) is 23.5. The Kier molecular flexibility index (Phi) is 6.87. The molecule has 24 heavy (non-hydrogen) atoms. The van der Waals surface area contributed by atoms with Crippen LogP contribution in [-0.4, -0.2) is 51.8 Å². The van der Waals surface area contributed by atoms with Crippen molar-refractivity contribution in [1.82, 2.24) is 10.6 Å². The number of benzene rings is 1. The Bertz CT molecular complexity index is 570. The standard InChI is InChI=1S/C17H24N2O5/c1-22-14-6-5-12(10-15(14)23-2)7-8-18-16(20)17(21)19-11-13-4-3-9-24-13/h5-6,10,13H,3-4,7-9,11H2,1-2H3,(H,18,20)(H,19,21)/t13-/m1/s1. The van der Waals surface area contributed by atoms with Crippen LogP contribution in [0, 0.1) is 0 Å². The fourth-order valence-corrected chi connectivity index (χ4v) is 2.53. The van der Waals surface area contributed by atoms with Crippen LogP contribution in [0.4, 0.5) is 0 Å². The van der Waals surface area contributed by atoms with E-state index in [-0.39, 0.29) is 6.10 Å². The van der Waals surface area contributed by atoms with Gasteiger partial charge in [-0.15, -0.1) is 0 Å². The molecule has 0 aromatic heterocycles. The second kappa shape index (κ2) is 9.12. The molecule has 1 aliphatic rings. The Balaban J connectivity index is 1.72. The van der Waals surface area contributed by atoms with Crippen LogP contribution in [0.3, 0.4) is 0 Å².